The van der Waals surface area contributed by atoms with Crippen LogP contribution in [0.25, 0.3) is 6.08 Å². The molecule has 72 valence electrons. The van der Waals surface area contributed by atoms with Crippen molar-refractivity contribution in [1.82, 2.24) is 0 Å². The Morgan fingerprint density at radius 3 is 2.57 bits per heavy atom. The van der Waals surface area contributed by atoms with Crippen molar-refractivity contribution in [3.63, 3.8) is 0 Å². The van der Waals surface area contributed by atoms with Gasteiger partial charge in [0.15, 0.2) is 0 Å². The third-order valence-electron chi connectivity index (χ3n) is 1.63. The molecule has 1 aromatic carbocycles. The van der Waals surface area contributed by atoms with Crippen molar-refractivity contribution < 1.29 is 9.90 Å². The van der Waals surface area contributed by atoms with Gasteiger partial charge >= 0.3 is 5.97 Å². The zero-order valence-corrected chi connectivity index (χ0v) is 7.76. The van der Waals surface area contributed by atoms with E-state index < -0.39 is 5.97 Å². The number of aliphatic carboxylic acids is 1. The van der Waals surface area contributed by atoms with Crippen LogP contribution in [0.5, 0.6) is 0 Å². The van der Waals surface area contributed by atoms with E-state index in [-0.39, 0.29) is 6.42 Å². The molecule has 0 aromatic heterocycles. The minimum absolute atomic E-state index is 0.0686. The lowest BCUT2D eigenvalue weighted by Gasteiger charge is -1.88. The molecular weight excluding hydrogens is 176 g/mol. The minimum atomic E-state index is -0.811. The molecule has 1 rings (SSSR count). The SMILES string of the molecule is O=C(O)C/C=C/C=C/c1ccccc1. The Labute approximate surface area is 83.2 Å². The number of hydrogen-bond acceptors (Lipinski definition) is 1. The van der Waals surface area contributed by atoms with E-state index in [2.05, 4.69) is 0 Å². The van der Waals surface area contributed by atoms with E-state index in [1.807, 2.05) is 42.5 Å². The molecule has 14 heavy (non-hydrogen) atoms. The van der Waals surface area contributed by atoms with Crippen LogP contribution in [0, 0.1) is 0 Å². The zero-order valence-electron chi connectivity index (χ0n) is 7.76. The minimum Gasteiger partial charge on any atom is -0.481 e. The van der Waals surface area contributed by atoms with Crippen LogP contribution in [0.15, 0.2) is 48.6 Å². The summed E-state index contributed by atoms with van der Waals surface area (Å²) in [4.78, 5) is 10.2. The maximum absolute atomic E-state index is 10.2. The van der Waals surface area contributed by atoms with Crippen molar-refractivity contribution in [3.05, 3.63) is 54.1 Å². The third kappa shape index (κ3) is 4.26. The monoisotopic (exact) mass is 188 g/mol. The first kappa shape index (κ1) is 10.3. The lowest BCUT2D eigenvalue weighted by Crippen LogP contribution is -1.89. The van der Waals surface area contributed by atoms with Gasteiger partial charge in [-0.25, -0.2) is 0 Å². The highest BCUT2D eigenvalue weighted by atomic mass is 16.4. The van der Waals surface area contributed by atoms with Gasteiger partial charge in [-0.15, -0.1) is 0 Å². The molecule has 0 radical (unpaired) electrons. The molecule has 0 fully saturated rings. The van der Waals surface area contributed by atoms with Gasteiger partial charge in [0.05, 0.1) is 6.42 Å². The van der Waals surface area contributed by atoms with Crippen LogP contribution in [0.3, 0.4) is 0 Å². The fourth-order valence-corrected chi connectivity index (χ4v) is 0.978. The molecule has 0 bridgehead atoms. The number of benzene rings is 1. The Morgan fingerprint density at radius 1 is 1.21 bits per heavy atom. The van der Waals surface area contributed by atoms with Gasteiger partial charge in [-0.1, -0.05) is 54.6 Å². The van der Waals surface area contributed by atoms with Crippen LogP contribution < -0.4 is 0 Å². The Morgan fingerprint density at radius 2 is 1.93 bits per heavy atom. The Balaban J connectivity index is 2.42. The summed E-state index contributed by atoms with van der Waals surface area (Å²) in [5.41, 5.74) is 1.10. The summed E-state index contributed by atoms with van der Waals surface area (Å²) in [7, 11) is 0. The molecule has 2 heteroatoms. The molecular formula is C12H12O2. The van der Waals surface area contributed by atoms with Crippen LogP contribution in [0.2, 0.25) is 0 Å². The first-order valence-electron chi connectivity index (χ1n) is 4.39. The summed E-state index contributed by atoms with van der Waals surface area (Å²) in [6, 6.07) is 9.85. The van der Waals surface area contributed by atoms with E-state index in [0.29, 0.717) is 0 Å². The van der Waals surface area contributed by atoms with Crippen molar-refractivity contribution in [2.24, 2.45) is 0 Å². The molecule has 2 nitrogen and oxygen atoms in total. The van der Waals surface area contributed by atoms with Crippen LogP contribution in [0.1, 0.15) is 12.0 Å². The highest BCUT2D eigenvalue weighted by molar-refractivity contribution is 5.68. The van der Waals surface area contributed by atoms with Gasteiger partial charge in [-0.3, -0.25) is 4.79 Å². The van der Waals surface area contributed by atoms with Crippen molar-refractivity contribution >= 4 is 12.0 Å². The molecule has 0 aliphatic carbocycles. The topological polar surface area (TPSA) is 37.3 Å². The summed E-state index contributed by atoms with van der Waals surface area (Å²) in [6.45, 7) is 0. The molecule has 0 amide bonds. The zero-order chi connectivity index (χ0) is 10.2. The second-order valence-corrected chi connectivity index (χ2v) is 2.80. The largest absolute Gasteiger partial charge is 0.481 e. The van der Waals surface area contributed by atoms with Crippen LogP contribution in [-0.2, 0) is 4.79 Å². The number of carboxylic acids is 1. The van der Waals surface area contributed by atoms with E-state index in [4.69, 9.17) is 5.11 Å². The average molecular weight is 188 g/mol. The molecule has 0 saturated carbocycles. The lowest BCUT2D eigenvalue weighted by molar-refractivity contribution is -0.135. The number of carboxylic acid groups (broad SMARTS) is 1. The van der Waals surface area contributed by atoms with E-state index in [0.717, 1.165) is 5.56 Å². The molecule has 0 aliphatic rings. The smallest absolute Gasteiger partial charge is 0.307 e. The van der Waals surface area contributed by atoms with Crippen LogP contribution in [0.4, 0.5) is 0 Å². The van der Waals surface area contributed by atoms with Gasteiger partial charge < -0.3 is 5.11 Å². The second kappa shape index (κ2) is 5.75. The summed E-state index contributed by atoms with van der Waals surface area (Å²) in [5.74, 6) is -0.811. The van der Waals surface area contributed by atoms with Crippen molar-refractivity contribution in [3.8, 4) is 0 Å². The second-order valence-electron chi connectivity index (χ2n) is 2.80. The molecule has 1 N–H and O–H groups in total. The predicted octanol–water partition coefficient (Wildman–Crippen LogP) is 2.73. The maximum Gasteiger partial charge on any atom is 0.307 e. The molecule has 0 spiro atoms. The fourth-order valence-electron chi connectivity index (χ4n) is 0.978. The van der Waals surface area contributed by atoms with Gasteiger partial charge in [0.2, 0.25) is 0 Å². The summed E-state index contributed by atoms with van der Waals surface area (Å²) in [6.07, 6.45) is 7.18. The Hall–Kier alpha value is -1.83. The number of allylic oxidation sites excluding steroid dienone is 2. The Kier molecular flexibility index (Phi) is 4.21. The summed E-state index contributed by atoms with van der Waals surface area (Å²) < 4.78 is 0. The fraction of sp³-hybridized carbons (Fsp3) is 0.0833. The quantitative estimate of drug-likeness (QED) is 0.737. The Bertz CT molecular complexity index is 337. The molecule has 0 aliphatic heterocycles. The highest BCUT2D eigenvalue weighted by Crippen LogP contribution is 2.00. The summed E-state index contributed by atoms with van der Waals surface area (Å²) >= 11 is 0. The first-order chi connectivity index (χ1) is 6.79. The van der Waals surface area contributed by atoms with E-state index in [1.54, 1.807) is 12.2 Å². The van der Waals surface area contributed by atoms with Crippen molar-refractivity contribution in [1.29, 1.82) is 0 Å². The van der Waals surface area contributed by atoms with Gasteiger partial charge in [0, 0.05) is 0 Å². The molecule has 1 aromatic rings. The van der Waals surface area contributed by atoms with Crippen LogP contribution >= 0.6 is 0 Å². The predicted molar refractivity (Wildman–Crippen MR) is 56.9 cm³/mol. The van der Waals surface area contributed by atoms with Gasteiger partial charge in [0.25, 0.3) is 0 Å². The molecule has 0 atom stereocenters. The normalized spacial score (nSPS) is 11.1. The molecule has 0 unspecified atom stereocenters. The first-order valence-corrected chi connectivity index (χ1v) is 4.39. The maximum atomic E-state index is 10.2. The molecule has 0 saturated heterocycles. The molecule has 0 heterocycles. The van der Waals surface area contributed by atoms with E-state index in [9.17, 15) is 4.79 Å². The lowest BCUT2D eigenvalue weighted by atomic mass is 10.2. The van der Waals surface area contributed by atoms with Gasteiger partial charge in [0.1, 0.15) is 0 Å². The van der Waals surface area contributed by atoms with E-state index in [1.165, 1.54) is 0 Å². The van der Waals surface area contributed by atoms with Crippen molar-refractivity contribution in [2.45, 2.75) is 6.42 Å². The van der Waals surface area contributed by atoms with Crippen LogP contribution in [-0.4, -0.2) is 11.1 Å². The van der Waals surface area contributed by atoms with Gasteiger partial charge in [-0.2, -0.15) is 0 Å². The standard InChI is InChI=1S/C12H12O2/c13-12(14)10-6-2-5-9-11-7-3-1-4-8-11/h1-9H,10H2,(H,13,14)/b6-2+,9-5+. The van der Waals surface area contributed by atoms with Crippen molar-refractivity contribution in [2.75, 3.05) is 0 Å². The van der Waals surface area contributed by atoms with E-state index >= 15 is 0 Å². The number of rotatable bonds is 4. The number of carbonyl (C=O) groups is 1. The average Bonchev–Trinajstić information content (AvgIpc) is 2.18. The third-order valence-corrected chi connectivity index (χ3v) is 1.63. The summed E-state index contributed by atoms with van der Waals surface area (Å²) in [5, 5.41) is 8.35. The highest BCUT2D eigenvalue weighted by Gasteiger charge is 1.86. The number of hydrogen-bond donors (Lipinski definition) is 1. The van der Waals surface area contributed by atoms with Gasteiger partial charge in [-0.05, 0) is 5.56 Å².